The van der Waals surface area contributed by atoms with Gasteiger partial charge < -0.3 is 5.32 Å². The molecule has 1 aliphatic rings. The van der Waals surface area contributed by atoms with E-state index in [1.807, 2.05) is 13.8 Å². The average molecular weight is 300 g/mol. The highest BCUT2D eigenvalue weighted by Crippen LogP contribution is 2.29. The van der Waals surface area contributed by atoms with E-state index in [1.54, 1.807) is 11.3 Å². The number of rotatable bonds is 4. The first kappa shape index (κ1) is 14.9. The molecule has 1 aromatic heterocycles. The van der Waals surface area contributed by atoms with Crippen molar-refractivity contribution in [2.45, 2.75) is 57.9 Å². The van der Waals surface area contributed by atoms with Crippen LogP contribution in [0.3, 0.4) is 0 Å². The molecule has 0 aromatic carbocycles. The van der Waals surface area contributed by atoms with Crippen LogP contribution in [0.2, 0.25) is 0 Å². The van der Waals surface area contributed by atoms with Gasteiger partial charge in [0.25, 0.3) is 5.91 Å². The van der Waals surface area contributed by atoms with Crippen molar-refractivity contribution < 1.29 is 4.79 Å². The Bertz CT molecular complexity index is 427. The molecule has 19 heavy (non-hydrogen) atoms. The quantitative estimate of drug-likeness (QED) is 0.656. The molecule has 1 heterocycles. The monoisotopic (exact) mass is 299 g/mol. The van der Waals surface area contributed by atoms with Gasteiger partial charge in [0, 0.05) is 10.8 Å². The van der Waals surface area contributed by atoms with Gasteiger partial charge in [-0.05, 0) is 50.7 Å². The van der Waals surface area contributed by atoms with Gasteiger partial charge in [0.1, 0.15) is 0 Å². The van der Waals surface area contributed by atoms with Gasteiger partial charge in [0.2, 0.25) is 0 Å². The summed E-state index contributed by atoms with van der Waals surface area (Å²) in [6, 6.07) is 2.09. The van der Waals surface area contributed by atoms with Crippen molar-refractivity contribution in [1.29, 1.82) is 0 Å². The Morgan fingerprint density at radius 2 is 2.16 bits per heavy atom. The second-order valence-electron chi connectivity index (χ2n) is 5.62. The topological polar surface area (TPSA) is 29.1 Å². The first-order valence-electron chi connectivity index (χ1n) is 7.08. The van der Waals surface area contributed by atoms with Crippen molar-refractivity contribution in [3.63, 3.8) is 0 Å². The highest BCUT2D eigenvalue weighted by Gasteiger charge is 2.25. The zero-order valence-electron chi connectivity index (χ0n) is 11.7. The number of carbonyl (C=O) groups excluding carboxylic acids is 1. The molecule has 0 fully saturated rings. The number of thiophene rings is 1. The number of halogens is 1. The van der Waals surface area contributed by atoms with E-state index in [0.29, 0.717) is 5.88 Å². The van der Waals surface area contributed by atoms with Crippen LogP contribution in [0.15, 0.2) is 6.07 Å². The Labute approximate surface area is 124 Å². The van der Waals surface area contributed by atoms with Crippen LogP contribution in [0.25, 0.3) is 0 Å². The zero-order valence-corrected chi connectivity index (χ0v) is 13.3. The number of hydrogen-bond acceptors (Lipinski definition) is 2. The largest absolute Gasteiger partial charge is 0.345 e. The zero-order chi connectivity index (χ0) is 13.9. The normalized spacial score (nSPS) is 18.3. The van der Waals surface area contributed by atoms with Crippen LogP contribution in [0.1, 0.15) is 59.6 Å². The lowest BCUT2D eigenvalue weighted by Gasteiger charge is -2.26. The van der Waals surface area contributed by atoms with E-state index in [-0.39, 0.29) is 11.4 Å². The summed E-state index contributed by atoms with van der Waals surface area (Å²) in [6.07, 6.45) is 6.91. The molecule has 2 nitrogen and oxygen atoms in total. The summed E-state index contributed by atoms with van der Waals surface area (Å²) < 4.78 is 0. The molecule has 0 saturated heterocycles. The predicted molar refractivity (Wildman–Crippen MR) is 82.5 cm³/mol. The van der Waals surface area contributed by atoms with Crippen LogP contribution in [0, 0.1) is 0 Å². The predicted octanol–water partition coefficient (Wildman–Crippen LogP) is 4.15. The molecule has 0 bridgehead atoms. The van der Waals surface area contributed by atoms with E-state index in [2.05, 4.69) is 11.4 Å². The first-order valence-corrected chi connectivity index (χ1v) is 8.43. The molecule has 4 heteroatoms. The molecule has 2 rings (SSSR count). The molecule has 0 spiro atoms. The van der Waals surface area contributed by atoms with E-state index in [1.165, 1.54) is 29.7 Å². The van der Waals surface area contributed by atoms with Crippen molar-refractivity contribution in [2.24, 2.45) is 0 Å². The highest BCUT2D eigenvalue weighted by atomic mass is 35.5. The van der Waals surface area contributed by atoms with Crippen LogP contribution in [-0.2, 0) is 12.8 Å². The van der Waals surface area contributed by atoms with Crippen LogP contribution >= 0.6 is 22.9 Å². The van der Waals surface area contributed by atoms with E-state index < -0.39 is 0 Å². The minimum absolute atomic E-state index is 0.0306. The Morgan fingerprint density at radius 3 is 2.84 bits per heavy atom. The third kappa shape index (κ3) is 3.51. The summed E-state index contributed by atoms with van der Waals surface area (Å²) in [5.41, 5.74) is 1.08. The fraction of sp³-hybridized carbons (Fsp3) is 0.667. The number of nitrogens with one attached hydrogen (secondary N) is 1. The van der Waals surface area contributed by atoms with Gasteiger partial charge in [0.05, 0.1) is 10.4 Å². The average Bonchev–Trinajstić information content (AvgIpc) is 2.70. The third-order valence-corrected chi connectivity index (χ3v) is 5.79. The van der Waals surface area contributed by atoms with Crippen molar-refractivity contribution in [3.8, 4) is 0 Å². The molecule has 1 aromatic rings. The van der Waals surface area contributed by atoms with Crippen molar-refractivity contribution >= 4 is 28.8 Å². The first-order chi connectivity index (χ1) is 9.08. The number of fused-ring (bicyclic) bond motifs is 1. The fourth-order valence-electron chi connectivity index (χ4n) is 2.33. The van der Waals surface area contributed by atoms with Crippen LogP contribution in [0.4, 0.5) is 0 Å². The number of amides is 1. The smallest absolute Gasteiger partial charge is 0.261 e. The maximum Gasteiger partial charge on any atom is 0.261 e. The molecule has 0 aliphatic heterocycles. The minimum atomic E-state index is -0.306. The second kappa shape index (κ2) is 6.27. The molecular weight excluding hydrogens is 278 g/mol. The van der Waals surface area contributed by atoms with Gasteiger partial charge in [-0.25, -0.2) is 0 Å². The summed E-state index contributed by atoms with van der Waals surface area (Å²) in [4.78, 5) is 14.6. The summed E-state index contributed by atoms with van der Waals surface area (Å²) in [7, 11) is 0. The Hall–Kier alpha value is -0.540. The standard InChI is InChI=1S/C15H22ClNOS/c1-3-15(2,10-16)17-14(18)13-9-11-7-5-4-6-8-12(11)19-13/h9H,3-8,10H2,1-2H3,(H,17,18). The third-order valence-electron chi connectivity index (χ3n) is 3.96. The Morgan fingerprint density at radius 1 is 1.42 bits per heavy atom. The van der Waals surface area contributed by atoms with Crippen molar-refractivity contribution in [2.75, 3.05) is 5.88 Å². The van der Waals surface area contributed by atoms with Crippen LogP contribution in [-0.4, -0.2) is 17.3 Å². The summed E-state index contributed by atoms with van der Waals surface area (Å²) in [6.45, 7) is 4.04. The maximum atomic E-state index is 12.3. The lowest BCUT2D eigenvalue weighted by atomic mass is 10.0. The highest BCUT2D eigenvalue weighted by molar-refractivity contribution is 7.14. The molecule has 0 saturated carbocycles. The molecule has 106 valence electrons. The molecule has 1 aliphatic carbocycles. The van der Waals surface area contributed by atoms with Crippen LogP contribution < -0.4 is 5.32 Å². The Kier molecular flexibility index (Phi) is 4.91. The molecule has 1 amide bonds. The fourth-order valence-corrected chi connectivity index (χ4v) is 3.74. The lowest BCUT2D eigenvalue weighted by Crippen LogP contribution is -2.46. The van der Waals surface area contributed by atoms with Gasteiger partial charge in [-0.1, -0.05) is 13.3 Å². The summed E-state index contributed by atoms with van der Waals surface area (Å²) in [5.74, 6) is 0.475. The number of carbonyl (C=O) groups is 1. The van der Waals surface area contributed by atoms with Gasteiger partial charge >= 0.3 is 0 Å². The van der Waals surface area contributed by atoms with E-state index >= 15 is 0 Å². The summed E-state index contributed by atoms with van der Waals surface area (Å²) >= 11 is 7.62. The van der Waals surface area contributed by atoms with Gasteiger partial charge in [-0.2, -0.15) is 0 Å². The molecule has 1 unspecified atom stereocenters. The van der Waals surface area contributed by atoms with E-state index in [9.17, 15) is 4.79 Å². The SMILES string of the molecule is CCC(C)(CCl)NC(=O)c1cc2c(s1)CCCCC2. The van der Waals surface area contributed by atoms with Crippen molar-refractivity contribution in [3.05, 3.63) is 21.4 Å². The van der Waals surface area contributed by atoms with E-state index in [0.717, 1.165) is 24.1 Å². The number of hydrogen-bond donors (Lipinski definition) is 1. The Balaban J connectivity index is 2.12. The van der Waals surface area contributed by atoms with Gasteiger partial charge in [-0.3, -0.25) is 4.79 Å². The minimum Gasteiger partial charge on any atom is -0.345 e. The lowest BCUT2D eigenvalue weighted by molar-refractivity contribution is 0.0916. The van der Waals surface area contributed by atoms with Crippen molar-refractivity contribution in [1.82, 2.24) is 5.32 Å². The second-order valence-corrected chi connectivity index (χ2v) is 7.03. The summed E-state index contributed by atoms with van der Waals surface area (Å²) in [5, 5.41) is 3.07. The molecular formula is C15H22ClNOS. The van der Waals surface area contributed by atoms with Crippen LogP contribution in [0.5, 0.6) is 0 Å². The number of alkyl halides is 1. The molecule has 0 radical (unpaired) electrons. The molecule has 1 atom stereocenters. The van der Waals surface area contributed by atoms with E-state index in [4.69, 9.17) is 11.6 Å². The molecule has 1 N–H and O–H groups in total. The maximum absolute atomic E-state index is 12.3. The number of aryl methyl sites for hydroxylation is 2. The van der Waals surface area contributed by atoms with Gasteiger partial charge in [-0.15, -0.1) is 22.9 Å². The van der Waals surface area contributed by atoms with Gasteiger partial charge in [0.15, 0.2) is 0 Å².